The molecule has 0 heterocycles. The first kappa shape index (κ1) is 14.3. The van der Waals surface area contributed by atoms with E-state index in [1.54, 1.807) is 0 Å². The average Bonchev–Trinajstić information content (AvgIpc) is 2.25. The van der Waals surface area contributed by atoms with Gasteiger partial charge in [0, 0.05) is 10.7 Å². The lowest BCUT2D eigenvalue weighted by Crippen LogP contribution is -2.05. The number of nitriles is 1. The molecule has 1 rings (SSSR count). The Morgan fingerprint density at radius 2 is 2.00 bits per heavy atom. The Kier molecular flexibility index (Phi) is 3.83. The van der Waals surface area contributed by atoms with Crippen LogP contribution in [0.15, 0.2) is 17.0 Å². The van der Waals surface area contributed by atoms with E-state index in [1.807, 2.05) is 0 Å². The second kappa shape index (κ2) is 4.83. The van der Waals surface area contributed by atoms with E-state index >= 15 is 0 Å². The number of rotatable bonds is 3. The largest absolute Gasteiger partial charge is 0.297 e. The minimum absolute atomic E-state index is 0.634. The molecule has 0 saturated heterocycles. The predicted octanol–water partition coefficient (Wildman–Crippen LogP) is 2.33. The first-order chi connectivity index (χ1) is 8.20. The Morgan fingerprint density at radius 3 is 2.33 bits per heavy atom. The monoisotopic (exact) mass is 296 g/mol. The molecule has 0 aliphatic rings. The number of alkyl halides is 2. The van der Waals surface area contributed by atoms with Crippen molar-refractivity contribution in [2.24, 2.45) is 0 Å². The molecule has 96 valence electrons. The minimum atomic E-state index is -4.58. The fourth-order valence-electron chi connectivity index (χ4n) is 1.30. The van der Waals surface area contributed by atoms with Crippen molar-refractivity contribution in [1.82, 2.24) is 0 Å². The Labute approximate surface area is 104 Å². The van der Waals surface area contributed by atoms with E-state index in [9.17, 15) is 27.3 Å². The predicted molar refractivity (Wildman–Crippen MR) is 55.8 cm³/mol. The summed E-state index contributed by atoms with van der Waals surface area (Å²) in [5.74, 6) is 0. The van der Waals surface area contributed by atoms with Gasteiger partial charge in [-0.25, -0.2) is 17.2 Å². The summed E-state index contributed by atoms with van der Waals surface area (Å²) in [6, 6.07) is 2.72. The number of hydrogen-bond donors (Lipinski definition) is 0. The Bertz CT molecular complexity index is 654. The van der Waals surface area contributed by atoms with Crippen molar-refractivity contribution in [2.75, 3.05) is 0 Å². The number of nitro benzene ring substituents is 1. The van der Waals surface area contributed by atoms with Crippen molar-refractivity contribution >= 4 is 25.4 Å². The van der Waals surface area contributed by atoms with Crippen molar-refractivity contribution < 1.29 is 22.1 Å². The molecule has 0 aromatic heterocycles. The van der Waals surface area contributed by atoms with E-state index in [0.29, 0.717) is 6.07 Å². The van der Waals surface area contributed by atoms with Gasteiger partial charge >= 0.3 is 0 Å². The summed E-state index contributed by atoms with van der Waals surface area (Å²) in [5.41, 5.74) is -3.30. The first-order valence-corrected chi connectivity index (χ1v) is 6.45. The van der Waals surface area contributed by atoms with E-state index in [1.165, 1.54) is 6.07 Å². The molecule has 18 heavy (non-hydrogen) atoms. The van der Waals surface area contributed by atoms with Gasteiger partial charge in [0.05, 0.1) is 9.82 Å². The molecule has 0 fully saturated rings. The molecule has 1 aromatic rings. The molecule has 1 aromatic carbocycles. The molecular formula is C8H3ClF2N2O4S. The second-order valence-corrected chi connectivity index (χ2v) is 5.52. The van der Waals surface area contributed by atoms with Gasteiger partial charge in [0.25, 0.3) is 21.2 Å². The topological polar surface area (TPSA) is 101 Å². The maximum absolute atomic E-state index is 12.8. The zero-order chi connectivity index (χ0) is 14.1. The van der Waals surface area contributed by atoms with Gasteiger partial charge in [-0.05, 0) is 12.1 Å². The van der Waals surface area contributed by atoms with Crippen LogP contribution in [0.5, 0.6) is 0 Å². The molecule has 6 nitrogen and oxygen atoms in total. The SMILES string of the molecule is N#Cc1ccc(S(=O)(=O)Cl)c(C(F)F)c1[N+](=O)[O-]. The Hall–Kier alpha value is -1.79. The van der Waals surface area contributed by atoms with Crippen LogP contribution in [-0.2, 0) is 9.05 Å². The fourth-order valence-corrected chi connectivity index (χ4v) is 2.38. The zero-order valence-electron chi connectivity index (χ0n) is 8.30. The molecule has 0 amide bonds. The quantitative estimate of drug-likeness (QED) is 0.484. The summed E-state index contributed by atoms with van der Waals surface area (Å²) in [5, 5.41) is 19.3. The zero-order valence-corrected chi connectivity index (χ0v) is 9.87. The van der Waals surface area contributed by atoms with Crippen LogP contribution in [-0.4, -0.2) is 13.3 Å². The van der Waals surface area contributed by atoms with Crippen LogP contribution in [0, 0.1) is 21.4 Å². The summed E-state index contributed by atoms with van der Waals surface area (Å²) in [6.45, 7) is 0. The van der Waals surface area contributed by atoms with E-state index in [2.05, 4.69) is 0 Å². The summed E-state index contributed by atoms with van der Waals surface area (Å²) >= 11 is 0. The van der Waals surface area contributed by atoms with Gasteiger partial charge in [-0.3, -0.25) is 10.1 Å². The number of halogens is 3. The number of benzene rings is 1. The first-order valence-electron chi connectivity index (χ1n) is 4.14. The summed E-state index contributed by atoms with van der Waals surface area (Å²) in [6.07, 6.45) is -3.46. The molecule has 0 radical (unpaired) electrons. The number of hydrogen-bond acceptors (Lipinski definition) is 5. The van der Waals surface area contributed by atoms with Crippen LogP contribution in [0.2, 0.25) is 0 Å². The Morgan fingerprint density at radius 1 is 1.44 bits per heavy atom. The lowest BCUT2D eigenvalue weighted by molar-refractivity contribution is -0.386. The van der Waals surface area contributed by atoms with Crippen LogP contribution >= 0.6 is 10.7 Å². The van der Waals surface area contributed by atoms with Crippen molar-refractivity contribution in [3.8, 4) is 6.07 Å². The highest BCUT2D eigenvalue weighted by atomic mass is 35.7. The molecule has 0 bridgehead atoms. The maximum atomic E-state index is 12.8. The highest BCUT2D eigenvalue weighted by Crippen LogP contribution is 2.37. The lowest BCUT2D eigenvalue weighted by atomic mass is 10.1. The molecule has 0 aliphatic carbocycles. The molecule has 0 spiro atoms. The van der Waals surface area contributed by atoms with Crippen LogP contribution in [0.25, 0.3) is 0 Å². The van der Waals surface area contributed by atoms with Gasteiger partial charge in [-0.2, -0.15) is 5.26 Å². The highest BCUT2D eigenvalue weighted by Gasteiger charge is 2.33. The molecule has 0 unspecified atom stereocenters. The average molecular weight is 297 g/mol. The molecule has 0 saturated carbocycles. The van der Waals surface area contributed by atoms with Gasteiger partial charge in [0.1, 0.15) is 17.2 Å². The maximum Gasteiger partial charge on any atom is 0.297 e. The highest BCUT2D eigenvalue weighted by molar-refractivity contribution is 8.13. The molecule has 10 heteroatoms. The summed E-state index contributed by atoms with van der Waals surface area (Å²) < 4.78 is 47.6. The van der Waals surface area contributed by atoms with Crippen LogP contribution in [0.4, 0.5) is 14.5 Å². The fraction of sp³-hybridized carbons (Fsp3) is 0.125. The summed E-state index contributed by atoms with van der Waals surface area (Å²) in [7, 11) is 0.332. The van der Waals surface area contributed by atoms with E-state index in [0.717, 1.165) is 6.07 Å². The van der Waals surface area contributed by atoms with Crippen LogP contribution in [0.3, 0.4) is 0 Å². The van der Waals surface area contributed by atoms with Crippen molar-refractivity contribution in [3.05, 3.63) is 33.4 Å². The van der Waals surface area contributed by atoms with Gasteiger partial charge in [-0.15, -0.1) is 0 Å². The van der Waals surface area contributed by atoms with Gasteiger partial charge in [-0.1, -0.05) is 0 Å². The third-order valence-electron chi connectivity index (χ3n) is 1.96. The van der Waals surface area contributed by atoms with E-state index < -0.39 is 42.1 Å². The normalized spacial score (nSPS) is 11.3. The van der Waals surface area contributed by atoms with Crippen molar-refractivity contribution in [1.29, 1.82) is 5.26 Å². The lowest BCUT2D eigenvalue weighted by Gasteiger charge is -2.07. The van der Waals surface area contributed by atoms with Gasteiger partial charge in [0.15, 0.2) is 0 Å². The second-order valence-electron chi connectivity index (χ2n) is 2.98. The van der Waals surface area contributed by atoms with Crippen molar-refractivity contribution in [2.45, 2.75) is 11.3 Å². The standard InChI is InChI=1S/C8H3ClF2N2O4S/c9-18(16,17)5-2-1-4(3-12)7(13(14)15)6(5)8(10)11/h1-2,8H. The van der Waals surface area contributed by atoms with E-state index in [4.69, 9.17) is 15.9 Å². The van der Waals surface area contributed by atoms with Crippen LogP contribution < -0.4 is 0 Å². The number of nitro groups is 1. The number of nitrogens with zero attached hydrogens (tertiary/aromatic N) is 2. The van der Waals surface area contributed by atoms with Gasteiger partial charge < -0.3 is 0 Å². The summed E-state index contributed by atoms with van der Waals surface area (Å²) in [4.78, 5) is 8.35. The molecule has 0 aliphatic heterocycles. The Balaban J connectivity index is 3.87. The molecule has 0 N–H and O–H groups in total. The smallest absolute Gasteiger partial charge is 0.258 e. The molecule has 0 atom stereocenters. The van der Waals surface area contributed by atoms with Crippen LogP contribution in [0.1, 0.15) is 17.6 Å². The minimum Gasteiger partial charge on any atom is -0.258 e. The van der Waals surface area contributed by atoms with E-state index in [-0.39, 0.29) is 0 Å². The molecular weight excluding hydrogens is 294 g/mol. The third kappa shape index (κ3) is 2.55. The van der Waals surface area contributed by atoms with Crippen molar-refractivity contribution in [3.63, 3.8) is 0 Å². The van der Waals surface area contributed by atoms with Gasteiger partial charge in [0.2, 0.25) is 0 Å². The third-order valence-corrected chi connectivity index (χ3v) is 3.34.